The van der Waals surface area contributed by atoms with Gasteiger partial charge in [0.2, 0.25) is 10.0 Å². The summed E-state index contributed by atoms with van der Waals surface area (Å²) < 4.78 is 28.3. The summed E-state index contributed by atoms with van der Waals surface area (Å²) in [5, 5.41) is 8.07. The summed E-state index contributed by atoms with van der Waals surface area (Å²) in [6.45, 7) is 0.955. The molecule has 0 saturated heterocycles. The molecule has 0 aliphatic carbocycles. The van der Waals surface area contributed by atoms with Crippen molar-refractivity contribution in [3.8, 4) is 16.9 Å². The highest BCUT2D eigenvalue weighted by Crippen LogP contribution is 2.25. The van der Waals surface area contributed by atoms with E-state index in [2.05, 4.69) is 10.2 Å². The van der Waals surface area contributed by atoms with Crippen LogP contribution >= 0.6 is 0 Å². The van der Waals surface area contributed by atoms with Crippen LogP contribution in [0.5, 0.6) is 5.75 Å². The monoisotopic (exact) mass is 467 g/mol. The van der Waals surface area contributed by atoms with E-state index in [4.69, 9.17) is 9.88 Å². The molecular weight excluding hydrogens is 438 g/mol. The van der Waals surface area contributed by atoms with Crippen LogP contribution in [0.1, 0.15) is 22.3 Å². The largest absolute Gasteiger partial charge is 0.496 e. The molecule has 0 heterocycles. The van der Waals surface area contributed by atoms with Gasteiger partial charge in [0.1, 0.15) is 5.75 Å². The average molecular weight is 468 g/mol. The van der Waals surface area contributed by atoms with Crippen molar-refractivity contribution in [1.29, 1.82) is 0 Å². The molecule has 8 heteroatoms. The van der Waals surface area contributed by atoms with Crippen LogP contribution in [0.15, 0.2) is 71.6 Å². The number of hydrogen-bond donors (Lipinski definition) is 2. The van der Waals surface area contributed by atoms with Gasteiger partial charge in [-0.25, -0.2) is 13.6 Å². The lowest BCUT2D eigenvalue weighted by molar-refractivity contribution is 0.102. The van der Waals surface area contributed by atoms with Gasteiger partial charge < -0.3 is 15.0 Å². The second kappa shape index (κ2) is 10.6. The van der Waals surface area contributed by atoms with Gasteiger partial charge in [0.15, 0.2) is 0 Å². The van der Waals surface area contributed by atoms with E-state index < -0.39 is 10.0 Å². The van der Waals surface area contributed by atoms with Gasteiger partial charge in [-0.1, -0.05) is 24.3 Å². The van der Waals surface area contributed by atoms with Gasteiger partial charge in [-0.05, 0) is 92.6 Å². The molecule has 3 aromatic rings. The summed E-state index contributed by atoms with van der Waals surface area (Å²) in [7, 11) is 1.98. The topological polar surface area (TPSA) is 102 Å². The molecular formula is C25H29N3O4S. The molecule has 33 heavy (non-hydrogen) atoms. The van der Waals surface area contributed by atoms with Gasteiger partial charge in [-0.2, -0.15) is 0 Å². The van der Waals surface area contributed by atoms with E-state index in [1.165, 1.54) is 12.1 Å². The first-order chi connectivity index (χ1) is 15.7. The number of ether oxygens (including phenoxy) is 1. The number of nitrogens with two attached hydrogens (primary N) is 1. The van der Waals surface area contributed by atoms with Gasteiger partial charge >= 0.3 is 0 Å². The Morgan fingerprint density at radius 2 is 1.58 bits per heavy atom. The fourth-order valence-electron chi connectivity index (χ4n) is 3.49. The maximum atomic E-state index is 12.8. The molecule has 174 valence electrons. The minimum absolute atomic E-state index is 0.0655. The Labute approximate surface area is 195 Å². The molecule has 1 amide bonds. The number of primary sulfonamides is 1. The summed E-state index contributed by atoms with van der Waals surface area (Å²) >= 11 is 0. The summed E-state index contributed by atoms with van der Waals surface area (Å²) in [6.07, 6.45) is 1.79. The third kappa shape index (κ3) is 6.64. The second-order valence-electron chi connectivity index (χ2n) is 8.03. The van der Waals surface area contributed by atoms with Crippen molar-refractivity contribution in [3.05, 3.63) is 77.9 Å². The molecule has 3 aromatic carbocycles. The summed E-state index contributed by atoms with van der Waals surface area (Å²) in [5.74, 6) is 0.583. The Balaban J connectivity index is 1.70. The van der Waals surface area contributed by atoms with Crippen LogP contribution in [0.3, 0.4) is 0 Å². The lowest BCUT2D eigenvalue weighted by Crippen LogP contribution is -2.14. The number of amides is 1. The fourth-order valence-corrected chi connectivity index (χ4v) is 4.00. The third-order valence-corrected chi connectivity index (χ3v) is 6.18. The van der Waals surface area contributed by atoms with E-state index in [0.717, 1.165) is 41.8 Å². The molecule has 0 aliphatic rings. The molecule has 3 N–H and O–H groups in total. The number of hydrogen-bond acceptors (Lipinski definition) is 5. The lowest BCUT2D eigenvalue weighted by atomic mass is 10.0. The molecule has 3 rings (SSSR count). The van der Waals surface area contributed by atoms with E-state index in [9.17, 15) is 13.2 Å². The molecule has 7 nitrogen and oxygen atoms in total. The number of carbonyl (C=O) groups excluding carboxylic acids is 1. The number of rotatable bonds is 9. The number of aryl methyl sites for hydroxylation is 1. The maximum absolute atomic E-state index is 12.8. The number of nitrogens with zero attached hydrogens (tertiary/aromatic N) is 1. The van der Waals surface area contributed by atoms with Crippen molar-refractivity contribution in [2.45, 2.75) is 17.7 Å². The van der Waals surface area contributed by atoms with E-state index in [-0.39, 0.29) is 10.8 Å². The van der Waals surface area contributed by atoms with Crippen LogP contribution in [0.2, 0.25) is 0 Å². The zero-order chi connectivity index (χ0) is 24.0. The zero-order valence-corrected chi connectivity index (χ0v) is 19.9. The Morgan fingerprint density at radius 1 is 0.970 bits per heavy atom. The van der Waals surface area contributed by atoms with Crippen LogP contribution in [0, 0.1) is 0 Å². The number of carbonyl (C=O) groups is 1. The fraction of sp³-hybridized carbons (Fsp3) is 0.240. The van der Waals surface area contributed by atoms with E-state index >= 15 is 0 Å². The minimum Gasteiger partial charge on any atom is -0.496 e. The Bertz CT molecular complexity index is 1210. The number of benzene rings is 3. The van der Waals surface area contributed by atoms with Crippen molar-refractivity contribution < 1.29 is 17.9 Å². The van der Waals surface area contributed by atoms with Gasteiger partial charge in [0, 0.05) is 11.3 Å². The van der Waals surface area contributed by atoms with E-state index in [0.29, 0.717) is 11.3 Å². The van der Waals surface area contributed by atoms with Crippen molar-refractivity contribution in [2.24, 2.45) is 5.14 Å². The summed E-state index contributed by atoms with van der Waals surface area (Å²) in [6, 6.07) is 19.1. The second-order valence-corrected chi connectivity index (χ2v) is 9.60. The number of anilines is 1. The predicted molar refractivity (Wildman–Crippen MR) is 131 cm³/mol. The number of methoxy groups -OCH3 is 1. The van der Waals surface area contributed by atoms with E-state index in [1.807, 2.05) is 50.5 Å². The number of sulfonamides is 1. The third-order valence-electron chi connectivity index (χ3n) is 5.25. The molecule has 0 fully saturated rings. The first-order valence-electron chi connectivity index (χ1n) is 10.5. The standard InChI is InChI=1S/C25H29N3O4S/c1-28(2)16-4-5-20-17-21(10-15-24(20)32-3)25(29)27-22-11-6-18(7-12-22)19-8-13-23(14-9-19)33(26,30)31/h6-15,17H,4-5,16H2,1-3H3,(H,27,29)(H2,26,30,31). The van der Waals surface area contributed by atoms with Crippen LogP contribution in [0.25, 0.3) is 11.1 Å². The minimum atomic E-state index is -3.72. The molecule has 0 saturated carbocycles. The number of nitrogens with one attached hydrogen (secondary N) is 1. The van der Waals surface area contributed by atoms with Crippen LogP contribution in [-0.2, 0) is 16.4 Å². The molecule has 0 spiro atoms. The summed E-state index contributed by atoms with van der Waals surface area (Å²) in [5.41, 5.74) is 3.97. The van der Waals surface area contributed by atoms with Gasteiger partial charge in [0.25, 0.3) is 5.91 Å². The van der Waals surface area contributed by atoms with E-state index in [1.54, 1.807) is 25.3 Å². The van der Waals surface area contributed by atoms with Gasteiger partial charge in [-0.3, -0.25) is 4.79 Å². The molecule has 0 bridgehead atoms. The Morgan fingerprint density at radius 3 is 2.12 bits per heavy atom. The highest BCUT2D eigenvalue weighted by atomic mass is 32.2. The smallest absolute Gasteiger partial charge is 0.255 e. The van der Waals surface area contributed by atoms with Crippen LogP contribution < -0.4 is 15.2 Å². The van der Waals surface area contributed by atoms with Crippen molar-refractivity contribution >= 4 is 21.6 Å². The van der Waals surface area contributed by atoms with Crippen molar-refractivity contribution in [3.63, 3.8) is 0 Å². The Kier molecular flexibility index (Phi) is 7.86. The highest BCUT2D eigenvalue weighted by Gasteiger charge is 2.12. The lowest BCUT2D eigenvalue weighted by Gasteiger charge is -2.13. The summed E-state index contributed by atoms with van der Waals surface area (Å²) in [4.78, 5) is 15.0. The molecule has 0 aromatic heterocycles. The Hall–Kier alpha value is -3.20. The molecule has 0 aliphatic heterocycles. The zero-order valence-electron chi connectivity index (χ0n) is 19.0. The first-order valence-corrected chi connectivity index (χ1v) is 12.1. The first kappa shape index (κ1) is 24.4. The predicted octanol–water partition coefficient (Wildman–Crippen LogP) is 3.76. The normalized spacial score (nSPS) is 11.4. The molecule has 0 unspecified atom stereocenters. The molecule has 0 radical (unpaired) electrons. The highest BCUT2D eigenvalue weighted by molar-refractivity contribution is 7.89. The quantitative estimate of drug-likeness (QED) is 0.499. The SMILES string of the molecule is COc1ccc(C(=O)Nc2ccc(-c3ccc(S(N)(=O)=O)cc3)cc2)cc1CCCN(C)C. The average Bonchev–Trinajstić information content (AvgIpc) is 2.79. The molecule has 0 atom stereocenters. The van der Waals surface area contributed by atoms with Crippen LogP contribution in [-0.4, -0.2) is 47.0 Å². The van der Waals surface area contributed by atoms with Gasteiger partial charge in [0.05, 0.1) is 12.0 Å². The van der Waals surface area contributed by atoms with Crippen molar-refractivity contribution in [2.75, 3.05) is 33.1 Å². The van der Waals surface area contributed by atoms with Crippen molar-refractivity contribution in [1.82, 2.24) is 4.90 Å². The van der Waals surface area contributed by atoms with Gasteiger partial charge in [-0.15, -0.1) is 0 Å². The maximum Gasteiger partial charge on any atom is 0.255 e. The van der Waals surface area contributed by atoms with Crippen LogP contribution in [0.4, 0.5) is 5.69 Å².